The molecular formula is C17H10ClFN4O5. The summed E-state index contributed by atoms with van der Waals surface area (Å²) in [5.74, 6) is -3.90. The minimum absolute atomic E-state index is 0.00416. The van der Waals surface area contributed by atoms with Gasteiger partial charge in [-0.1, -0.05) is 12.1 Å². The summed E-state index contributed by atoms with van der Waals surface area (Å²) in [4.78, 5) is 38.2. The first-order valence-corrected chi connectivity index (χ1v) is 8.20. The van der Waals surface area contributed by atoms with Crippen LogP contribution in [0.15, 0.2) is 42.5 Å². The highest BCUT2D eigenvalue weighted by atomic mass is 35.5. The number of ketones is 1. The van der Waals surface area contributed by atoms with Gasteiger partial charge in [0, 0.05) is 12.1 Å². The minimum atomic E-state index is -1.42. The highest BCUT2D eigenvalue weighted by molar-refractivity contribution is 6.17. The molecule has 1 aromatic heterocycles. The third-order valence-corrected chi connectivity index (χ3v) is 4.01. The molecule has 1 N–H and O–H groups in total. The van der Waals surface area contributed by atoms with Crippen LogP contribution >= 0.6 is 11.6 Å². The zero-order valence-electron chi connectivity index (χ0n) is 13.9. The van der Waals surface area contributed by atoms with Crippen LogP contribution in [0.2, 0.25) is 0 Å². The molecule has 0 amide bonds. The molecule has 3 rings (SSSR count). The summed E-state index contributed by atoms with van der Waals surface area (Å²) >= 11 is 5.79. The average molecular weight is 405 g/mol. The summed E-state index contributed by atoms with van der Waals surface area (Å²) in [6.45, 7) is 0. The lowest BCUT2D eigenvalue weighted by Gasteiger charge is -2.11. The number of hydrogen-bond donors (Lipinski definition) is 1. The van der Waals surface area contributed by atoms with Crippen molar-refractivity contribution >= 4 is 29.0 Å². The number of aromatic nitrogens is 3. The molecular weight excluding hydrogens is 395 g/mol. The van der Waals surface area contributed by atoms with E-state index < -0.39 is 34.0 Å². The van der Waals surface area contributed by atoms with Gasteiger partial charge < -0.3 is 5.11 Å². The molecule has 0 atom stereocenters. The number of non-ortho nitro benzene ring substituents is 1. The molecule has 0 bridgehead atoms. The number of halogens is 2. The van der Waals surface area contributed by atoms with Crippen LogP contribution in [-0.2, 0) is 5.88 Å². The van der Waals surface area contributed by atoms with Gasteiger partial charge in [-0.05, 0) is 18.2 Å². The highest BCUT2D eigenvalue weighted by Gasteiger charge is 2.24. The van der Waals surface area contributed by atoms with E-state index in [-0.39, 0.29) is 28.5 Å². The zero-order chi connectivity index (χ0) is 20.4. The maximum Gasteiger partial charge on any atom is 0.375 e. The van der Waals surface area contributed by atoms with E-state index >= 15 is 0 Å². The van der Waals surface area contributed by atoms with Crippen molar-refractivity contribution in [2.45, 2.75) is 5.88 Å². The van der Waals surface area contributed by atoms with E-state index in [9.17, 15) is 24.1 Å². The Labute approximate surface area is 161 Å². The van der Waals surface area contributed by atoms with Crippen LogP contribution in [0.1, 0.15) is 32.4 Å². The predicted octanol–water partition coefficient (Wildman–Crippen LogP) is 2.98. The molecule has 0 saturated carbocycles. The second kappa shape index (κ2) is 7.53. The number of carboxylic acid groups (broad SMARTS) is 1. The van der Waals surface area contributed by atoms with Crippen LogP contribution in [0.25, 0.3) is 5.69 Å². The quantitative estimate of drug-likeness (QED) is 0.289. The molecule has 0 aliphatic rings. The number of nitro benzene ring substituents is 1. The molecule has 0 aliphatic carbocycles. The molecule has 0 fully saturated rings. The van der Waals surface area contributed by atoms with Gasteiger partial charge >= 0.3 is 5.97 Å². The van der Waals surface area contributed by atoms with Crippen molar-refractivity contribution in [3.63, 3.8) is 0 Å². The van der Waals surface area contributed by atoms with Crippen molar-refractivity contribution in [2.24, 2.45) is 0 Å². The Kier molecular flexibility index (Phi) is 5.14. The third-order valence-electron chi connectivity index (χ3n) is 3.77. The molecule has 9 nitrogen and oxygen atoms in total. The lowest BCUT2D eigenvalue weighted by Crippen LogP contribution is -2.12. The summed E-state index contributed by atoms with van der Waals surface area (Å²) in [5.41, 5.74) is -0.994. The first-order valence-electron chi connectivity index (χ1n) is 7.66. The van der Waals surface area contributed by atoms with Crippen LogP contribution in [0.5, 0.6) is 0 Å². The summed E-state index contributed by atoms with van der Waals surface area (Å²) in [7, 11) is 0. The van der Waals surface area contributed by atoms with E-state index in [1.807, 2.05) is 0 Å². The first-order chi connectivity index (χ1) is 13.3. The van der Waals surface area contributed by atoms with Gasteiger partial charge in [-0.15, -0.1) is 16.7 Å². The van der Waals surface area contributed by atoms with Gasteiger partial charge in [-0.25, -0.2) is 18.9 Å². The Hall–Kier alpha value is -3.66. The van der Waals surface area contributed by atoms with Gasteiger partial charge in [0.15, 0.2) is 5.78 Å². The van der Waals surface area contributed by atoms with Gasteiger partial charge in [-0.2, -0.15) is 0 Å². The lowest BCUT2D eigenvalue weighted by molar-refractivity contribution is -0.384. The van der Waals surface area contributed by atoms with E-state index in [2.05, 4.69) is 10.1 Å². The van der Waals surface area contributed by atoms with E-state index in [0.717, 1.165) is 22.9 Å². The molecule has 0 radical (unpaired) electrons. The number of alkyl halides is 1. The molecule has 0 aliphatic heterocycles. The fraction of sp³-hybridized carbons (Fsp3) is 0.0588. The number of carbonyl (C=O) groups excluding carboxylic acids is 1. The van der Waals surface area contributed by atoms with Gasteiger partial charge in [-0.3, -0.25) is 14.9 Å². The maximum atomic E-state index is 14.1. The lowest BCUT2D eigenvalue weighted by atomic mass is 10.0. The predicted molar refractivity (Wildman–Crippen MR) is 94.4 cm³/mol. The molecule has 0 spiro atoms. The number of rotatable bonds is 6. The van der Waals surface area contributed by atoms with Crippen molar-refractivity contribution < 1.29 is 24.0 Å². The molecule has 142 valence electrons. The number of hydrogen-bond acceptors (Lipinski definition) is 6. The number of carboxylic acids is 1. The summed E-state index contributed by atoms with van der Waals surface area (Å²) in [5, 5.41) is 24.0. The van der Waals surface area contributed by atoms with Gasteiger partial charge in [0.25, 0.3) is 11.5 Å². The Balaban J connectivity index is 2.26. The first kappa shape index (κ1) is 19.1. The molecule has 3 aromatic rings. The summed E-state index contributed by atoms with van der Waals surface area (Å²) in [6.07, 6.45) is 0. The van der Waals surface area contributed by atoms with Crippen molar-refractivity contribution in [2.75, 3.05) is 0 Å². The van der Waals surface area contributed by atoms with Crippen LogP contribution in [0, 0.1) is 15.9 Å². The Bertz CT molecular complexity index is 1110. The molecule has 11 heteroatoms. The van der Waals surface area contributed by atoms with E-state index in [4.69, 9.17) is 16.7 Å². The number of carbonyl (C=O) groups is 2. The Morgan fingerprint density at radius 1 is 1.21 bits per heavy atom. The number of nitro groups is 1. The monoisotopic (exact) mass is 404 g/mol. The molecule has 2 aromatic carbocycles. The van der Waals surface area contributed by atoms with Gasteiger partial charge in [0.1, 0.15) is 11.6 Å². The normalized spacial score (nSPS) is 10.6. The average Bonchev–Trinajstić information content (AvgIpc) is 3.12. The van der Waals surface area contributed by atoms with E-state index in [0.29, 0.717) is 0 Å². The number of benzene rings is 2. The van der Waals surface area contributed by atoms with Crippen LogP contribution in [-0.4, -0.2) is 36.5 Å². The van der Waals surface area contributed by atoms with Crippen molar-refractivity contribution in [3.8, 4) is 5.69 Å². The van der Waals surface area contributed by atoms with Crippen LogP contribution < -0.4 is 0 Å². The molecule has 28 heavy (non-hydrogen) atoms. The highest BCUT2D eigenvalue weighted by Crippen LogP contribution is 2.26. The zero-order valence-corrected chi connectivity index (χ0v) is 14.6. The Morgan fingerprint density at radius 2 is 1.93 bits per heavy atom. The smallest absolute Gasteiger partial charge is 0.375 e. The molecule has 1 heterocycles. The van der Waals surface area contributed by atoms with Crippen molar-refractivity contribution in [1.29, 1.82) is 0 Å². The van der Waals surface area contributed by atoms with E-state index in [1.54, 1.807) is 0 Å². The fourth-order valence-corrected chi connectivity index (χ4v) is 2.68. The summed E-state index contributed by atoms with van der Waals surface area (Å²) in [6, 6.07) is 8.40. The van der Waals surface area contributed by atoms with E-state index in [1.165, 1.54) is 24.3 Å². The van der Waals surface area contributed by atoms with Crippen LogP contribution in [0.3, 0.4) is 0 Å². The van der Waals surface area contributed by atoms with Crippen molar-refractivity contribution in [3.05, 3.63) is 81.2 Å². The number of nitrogens with zero attached hydrogens (tertiary/aromatic N) is 4. The van der Waals surface area contributed by atoms with Crippen molar-refractivity contribution in [1.82, 2.24) is 14.8 Å². The van der Waals surface area contributed by atoms with Gasteiger partial charge in [0.05, 0.1) is 27.6 Å². The minimum Gasteiger partial charge on any atom is -0.475 e. The van der Waals surface area contributed by atoms with Crippen LogP contribution in [0.4, 0.5) is 10.1 Å². The SMILES string of the molecule is O=C(O)c1nc(CCl)n(-c2ccc([N+](=O)[O-])cc2C(=O)c2ccccc2F)n1. The summed E-state index contributed by atoms with van der Waals surface area (Å²) < 4.78 is 15.1. The van der Waals surface area contributed by atoms with Gasteiger partial charge in [0.2, 0.25) is 0 Å². The second-order valence-electron chi connectivity index (χ2n) is 5.47. The third kappa shape index (κ3) is 3.45. The largest absolute Gasteiger partial charge is 0.475 e. The standard InChI is InChI=1S/C17H10ClFN4O5/c18-8-14-20-16(17(25)26)21-22(14)13-6-5-9(23(27)28)7-11(13)15(24)10-3-1-2-4-12(10)19/h1-7H,8H2,(H,25,26). The fourth-order valence-electron chi connectivity index (χ4n) is 2.51. The molecule has 0 unspecified atom stereocenters. The maximum absolute atomic E-state index is 14.1. The Morgan fingerprint density at radius 3 is 2.54 bits per heavy atom. The second-order valence-corrected chi connectivity index (χ2v) is 5.74. The topological polar surface area (TPSA) is 128 Å². The molecule has 0 saturated heterocycles. The number of aromatic carboxylic acids is 1.